The van der Waals surface area contributed by atoms with Crippen molar-refractivity contribution in [1.29, 1.82) is 0 Å². The van der Waals surface area contributed by atoms with Crippen molar-refractivity contribution in [3.8, 4) is 10.4 Å². The van der Waals surface area contributed by atoms with E-state index in [2.05, 4.69) is 14.8 Å². The van der Waals surface area contributed by atoms with Crippen LogP contribution in [0.15, 0.2) is 23.1 Å². The van der Waals surface area contributed by atoms with E-state index in [1.54, 1.807) is 17.9 Å². The molecule has 4 N–H and O–H groups in total. The third kappa shape index (κ3) is 9.05. The Bertz CT molecular complexity index is 1360. The molecule has 1 atom stereocenters. The average molecular weight is 624 g/mol. The zero-order chi connectivity index (χ0) is 29.0. The molecule has 0 aliphatic heterocycles. The van der Waals surface area contributed by atoms with Crippen molar-refractivity contribution >= 4 is 57.6 Å². The Morgan fingerprint density at radius 2 is 1.97 bits per heavy atom. The third-order valence-corrected chi connectivity index (χ3v) is 9.52. The molecule has 1 aliphatic rings. The number of aliphatic carboxylic acids is 1. The fraction of sp³-hybridized carbons (Fsp3) is 0.522. The standard InChI is InChI=1S/C23H31ClN3O9PS2/c1-14-21(15-9-10-17(24)19(12-15)39(2,34)35)38-23(25-14)26-20(28)8-5-11-27(16-6-3-4-7-16)18(22(29)30)13-36-37(31,32)33/h9-10,12,16,18H,3-8,11,13H2,1-2H3,(H,29,30)(H,25,26,28)(H2,31,32,33). The lowest BCUT2D eigenvalue weighted by atomic mass is 10.1. The first-order valence-electron chi connectivity index (χ1n) is 12.1. The number of carbonyl (C=O) groups excluding carboxylic acids is 1. The summed E-state index contributed by atoms with van der Waals surface area (Å²) in [5.74, 6) is -1.60. The summed E-state index contributed by atoms with van der Waals surface area (Å²) in [5.41, 5.74) is 1.19. The number of sulfone groups is 1. The summed E-state index contributed by atoms with van der Waals surface area (Å²) in [6.07, 6.45) is 4.75. The maximum atomic E-state index is 12.7. The van der Waals surface area contributed by atoms with E-state index in [9.17, 15) is 27.7 Å². The van der Waals surface area contributed by atoms with Gasteiger partial charge in [-0.1, -0.05) is 41.8 Å². The van der Waals surface area contributed by atoms with Crippen molar-refractivity contribution in [3.63, 3.8) is 0 Å². The van der Waals surface area contributed by atoms with Crippen LogP contribution in [0.1, 0.15) is 44.2 Å². The number of phosphoric acid groups is 1. The Labute approximate surface area is 235 Å². The summed E-state index contributed by atoms with van der Waals surface area (Å²) >= 11 is 7.23. The summed E-state index contributed by atoms with van der Waals surface area (Å²) in [7, 11) is -8.39. The fourth-order valence-electron chi connectivity index (χ4n) is 4.56. The molecule has 1 amide bonds. The van der Waals surface area contributed by atoms with Gasteiger partial charge in [0.15, 0.2) is 15.0 Å². The van der Waals surface area contributed by atoms with Gasteiger partial charge in [0, 0.05) is 18.7 Å². The largest absolute Gasteiger partial charge is 0.480 e. The number of nitrogens with zero attached hydrogens (tertiary/aromatic N) is 2. The highest BCUT2D eigenvalue weighted by atomic mass is 35.5. The van der Waals surface area contributed by atoms with E-state index < -0.39 is 36.3 Å². The monoisotopic (exact) mass is 623 g/mol. The molecular weight excluding hydrogens is 593 g/mol. The number of phosphoric ester groups is 1. The molecule has 0 bridgehead atoms. The van der Waals surface area contributed by atoms with E-state index >= 15 is 0 Å². The molecule has 0 radical (unpaired) electrons. The van der Waals surface area contributed by atoms with Crippen molar-refractivity contribution < 1.29 is 42.0 Å². The molecule has 1 aromatic carbocycles. The fourth-order valence-corrected chi connectivity index (χ4v) is 7.17. The number of anilines is 1. The molecule has 0 saturated heterocycles. The second kappa shape index (κ2) is 13.2. The molecule has 216 valence electrons. The van der Waals surface area contributed by atoms with Gasteiger partial charge in [-0.25, -0.2) is 18.0 Å². The van der Waals surface area contributed by atoms with Crippen LogP contribution in [0.3, 0.4) is 0 Å². The number of aryl methyl sites for hydroxylation is 1. The van der Waals surface area contributed by atoms with Gasteiger partial charge in [-0.3, -0.25) is 19.0 Å². The highest BCUT2D eigenvalue weighted by Gasteiger charge is 2.34. The summed E-state index contributed by atoms with van der Waals surface area (Å²) < 4.78 is 39.7. The van der Waals surface area contributed by atoms with Crippen LogP contribution in [-0.4, -0.2) is 76.6 Å². The van der Waals surface area contributed by atoms with Crippen molar-refractivity contribution in [2.24, 2.45) is 0 Å². The van der Waals surface area contributed by atoms with Crippen LogP contribution in [0.5, 0.6) is 0 Å². The molecule has 39 heavy (non-hydrogen) atoms. The predicted molar refractivity (Wildman–Crippen MR) is 147 cm³/mol. The zero-order valence-electron chi connectivity index (χ0n) is 21.4. The quantitative estimate of drug-likeness (QED) is 0.239. The van der Waals surface area contributed by atoms with Gasteiger partial charge < -0.3 is 20.2 Å². The van der Waals surface area contributed by atoms with Gasteiger partial charge in [0.25, 0.3) is 0 Å². The summed E-state index contributed by atoms with van der Waals surface area (Å²) in [6, 6.07) is 3.29. The summed E-state index contributed by atoms with van der Waals surface area (Å²) in [5, 5.41) is 12.9. The zero-order valence-corrected chi connectivity index (χ0v) is 24.7. The van der Waals surface area contributed by atoms with E-state index in [0.29, 0.717) is 27.7 Å². The number of carboxylic acid groups (broad SMARTS) is 1. The SMILES string of the molecule is Cc1nc(NC(=O)CCCN(C2CCCC2)C(COP(=O)(O)O)C(=O)O)sc1-c1ccc(Cl)c(S(C)(=O)=O)c1. The van der Waals surface area contributed by atoms with Crippen LogP contribution >= 0.6 is 30.8 Å². The number of thiazole rings is 1. The lowest BCUT2D eigenvalue weighted by Gasteiger charge is -2.33. The number of amides is 1. The number of rotatable bonds is 13. The van der Waals surface area contributed by atoms with E-state index in [-0.39, 0.29) is 34.8 Å². The Hall–Kier alpha value is -1.90. The van der Waals surface area contributed by atoms with Crippen LogP contribution in [0.4, 0.5) is 5.13 Å². The van der Waals surface area contributed by atoms with Crippen molar-refractivity contribution in [2.45, 2.75) is 62.4 Å². The molecule has 1 unspecified atom stereocenters. The number of benzene rings is 1. The minimum Gasteiger partial charge on any atom is -0.480 e. The van der Waals surface area contributed by atoms with Crippen LogP contribution < -0.4 is 5.32 Å². The number of nitrogens with one attached hydrogen (secondary N) is 1. The van der Waals surface area contributed by atoms with Crippen molar-refractivity contribution in [1.82, 2.24) is 9.88 Å². The molecule has 1 heterocycles. The van der Waals surface area contributed by atoms with Gasteiger partial charge in [0.05, 0.1) is 27.1 Å². The van der Waals surface area contributed by atoms with E-state index in [1.807, 2.05) is 0 Å². The van der Waals surface area contributed by atoms with E-state index in [0.717, 1.165) is 31.9 Å². The second-order valence-electron chi connectivity index (χ2n) is 9.32. The van der Waals surface area contributed by atoms with Gasteiger partial charge in [-0.15, -0.1) is 0 Å². The molecule has 2 aromatic rings. The highest BCUT2D eigenvalue weighted by molar-refractivity contribution is 7.90. The Balaban J connectivity index is 1.65. The smallest absolute Gasteiger partial charge is 0.469 e. The Morgan fingerprint density at radius 1 is 1.31 bits per heavy atom. The van der Waals surface area contributed by atoms with Gasteiger partial charge in [0.2, 0.25) is 5.91 Å². The first-order chi connectivity index (χ1) is 18.2. The lowest BCUT2D eigenvalue weighted by Crippen LogP contribution is -2.49. The maximum absolute atomic E-state index is 12.7. The van der Waals surface area contributed by atoms with Crippen LogP contribution in [0, 0.1) is 6.92 Å². The Morgan fingerprint density at radius 3 is 2.56 bits per heavy atom. The average Bonchev–Trinajstić information content (AvgIpc) is 3.46. The lowest BCUT2D eigenvalue weighted by molar-refractivity contribution is -0.145. The second-order valence-corrected chi connectivity index (χ2v) is 13.9. The molecule has 0 spiro atoms. The highest BCUT2D eigenvalue weighted by Crippen LogP contribution is 2.37. The number of halogens is 1. The van der Waals surface area contributed by atoms with E-state index in [1.165, 1.54) is 23.5 Å². The number of carbonyl (C=O) groups is 2. The summed E-state index contributed by atoms with van der Waals surface area (Å²) in [6.45, 7) is 1.29. The first kappa shape index (κ1) is 31.6. The molecule has 12 nitrogen and oxygen atoms in total. The minimum absolute atomic E-state index is 0.00210. The molecular formula is C23H31ClN3O9PS2. The Kier molecular flexibility index (Phi) is 10.7. The number of aromatic nitrogens is 1. The first-order valence-corrected chi connectivity index (χ1v) is 16.7. The molecule has 1 saturated carbocycles. The molecule has 1 fully saturated rings. The molecule has 1 aromatic heterocycles. The molecule has 16 heteroatoms. The topological polar surface area (TPSA) is 183 Å². The van der Waals surface area contributed by atoms with Crippen LogP contribution in [-0.2, 0) is 28.5 Å². The number of hydrogen-bond acceptors (Lipinski definition) is 9. The van der Waals surface area contributed by atoms with Gasteiger partial charge in [-0.05, 0) is 50.4 Å². The molecule has 3 rings (SSSR count). The van der Waals surface area contributed by atoms with E-state index in [4.69, 9.17) is 21.4 Å². The summed E-state index contributed by atoms with van der Waals surface area (Å²) in [4.78, 5) is 49.3. The third-order valence-electron chi connectivity index (χ3n) is 6.34. The predicted octanol–water partition coefficient (Wildman–Crippen LogP) is 3.70. The van der Waals surface area contributed by atoms with Crippen molar-refractivity contribution in [3.05, 3.63) is 28.9 Å². The minimum atomic E-state index is -4.85. The van der Waals surface area contributed by atoms with Crippen LogP contribution in [0.2, 0.25) is 5.02 Å². The molecule has 1 aliphatic carbocycles. The van der Waals surface area contributed by atoms with Crippen molar-refractivity contribution in [2.75, 3.05) is 24.7 Å². The number of carboxylic acids is 1. The van der Waals surface area contributed by atoms with Gasteiger partial charge >= 0.3 is 13.8 Å². The maximum Gasteiger partial charge on any atom is 0.469 e. The number of hydrogen-bond donors (Lipinski definition) is 4. The van der Waals surface area contributed by atoms with Gasteiger partial charge in [0.1, 0.15) is 6.04 Å². The van der Waals surface area contributed by atoms with Crippen LogP contribution in [0.25, 0.3) is 10.4 Å². The normalized spacial score (nSPS) is 15.5. The van der Waals surface area contributed by atoms with Gasteiger partial charge in [-0.2, -0.15) is 0 Å².